The van der Waals surface area contributed by atoms with Crippen LogP contribution < -0.4 is 10.6 Å². The molecule has 1 aromatic rings. The first-order valence-electron chi connectivity index (χ1n) is 4.56. The average Bonchev–Trinajstić information content (AvgIpc) is 2.24. The van der Waals surface area contributed by atoms with Gasteiger partial charge in [0.25, 0.3) is 0 Å². The van der Waals surface area contributed by atoms with Crippen LogP contribution >= 0.6 is 27.5 Å². The van der Waals surface area contributed by atoms with E-state index in [9.17, 15) is 9.18 Å². The lowest BCUT2D eigenvalue weighted by Crippen LogP contribution is -2.30. The number of nitriles is 1. The van der Waals surface area contributed by atoms with Crippen LogP contribution in [0.4, 0.5) is 10.1 Å². The Morgan fingerprint density at radius 3 is 2.88 bits per heavy atom. The number of benzene rings is 1. The van der Waals surface area contributed by atoms with E-state index in [1.165, 1.54) is 6.07 Å². The number of carbonyl (C=O) groups is 1. The minimum atomic E-state index is -0.471. The van der Waals surface area contributed by atoms with E-state index in [0.717, 1.165) is 6.07 Å². The van der Waals surface area contributed by atoms with Gasteiger partial charge in [-0.2, -0.15) is 5.26 Å². The summed E-state index contributed by atoms with van der Waals surface area (Å²) in [6.45, 7) is -0.107. The molecule has 0 spiro atoms. The highest BCUT2D eigenvalue weighted by Crippen LogP contribution is 2.31. The molecule has 0 aromatic heterocycles. The third-order valence-corrected chi connectivity index (χ3v) is 2.72. The molecule has 0 unspecified atom stereocenters. The normalized spacial score (nSPS) is 9.53. The van der Waals surface area contributed by atoms with Gasteiger partial charge in [-0.05, 0) is 28.1 Å². The summed E-state index contributed by atoms with van der Waals surface area (Å²) in [4.78, 5) is 11.2. The molecule has 0 saturated carbocycles. The highest BCUT2D eigenvalue weighted by Gasteiger charge is 2.09. The zero-order valence-corrected chi connectivity index (χ0v) is 10.9. The maximum absolute atomic E-state index is 12.9. The van der Waals surface area contributed by atoms with E-state index in [4.69, 9.17) is 16.9 Å². The Balaban J connectivity index is 2.64. The second-order valence-corrected chi connectivity index (χ2v) is 4.29. The van der Waals surface area contributed by atoms with Crippen molar-refractivity contribution in [3.05, 3.63) is 27.4 Å². The molecule has 1 aromatic carbocycles. The van der Waals surface area contributed by atoms with Crippen LogP contribution in [-0.4, -0.2) is 19.0 Å². The van der Waals surface area contributed by atoms with Crippen molar-refractivity contribution < 1.29 is 9.18 Å². The van der Waals surface area contributed by atoms with Crippen LogP contribution in [0.3, 0.4) is 0 Å². The number of amides is 1. The molecule has 0 fully saturated rings. The molecule has 0 aliphatic rings. The van der Waals surface area contributed by atoms with Gasteiger partial charge in [0, 0.05) is 4.47 Å². The number of nitrogens with one attached hydrogen (secondary N) is 2. The maximum atomic E-state index is 12.9. The van der Waals surface area contributed by atoms with Crippen molar-refractivity contribution in [3.63, 3.8) is 0 Å². The van der Waals surface area contributed by atoms with Crippen molar-refractivity contribution >= 4 is 39.1 Å². The lowest BCUT2D eigenvalue weighted by Gasteiger charge is -2.10. The number of anilines is 1. The lowest BCUT2D eigenvalue weighted by atomic mass is 10.3. The number of halogens is 3. The largest absolute Gasteiger partial charge is 0.374 e. The topological polar surface area (TPSA) is 64.9 Å². The Morgan fingerprint density at radius 1 is 1.59 bits per heavy atom. The molecular weight excluding hydrogens is 312 g/mol. The van der Waals surface area contributed by atoms with E-state index in [2.05, 4.69) is 26.6 Å². The second-order valence-electron chi connectivity index (χ2n) is 3.03. The monoisotopic (exact) mass is 319 g/mol. The molecule has 0 aliphatic heterocycles. The molecular formula is C10H8BrClFN3O. The van der Waals surface area contributed by atoms with Crippen LogP contribution in [-0.2, 0) is 4.79 Å². The smallest absolute Gasteiger partial charge is 0.240 e. The Hall–Kier alpha value is -1.32. The Labute approximate surface area is 111 Å². The van der Waals surface area contributed by atoms with Gasteiger partial charge in [0.2, 0.25) is 5.91 Å². The average molecular weight is 321 g/mol. The summed E-state index contributed by atoms with van der Waals surface area (Å²) in [6.07, 6.45) is 0. The molecule has 0 bridgehead atoms. The number of hydrogen-bond acceptors (Lipinski definition) is 3. The van der Waals surface area contributed by atoms with Crippen molar-refractivity contribution in [1.82, 2.24) is 5.32 Å². The van der Waals surface area contributed by atoms with Crippen molar-refractivity contribution in [3.8, 4) is 6.07 Å². The number of nitrogens with zero attached hydrogens (tertiary/aromatic N) is 1. The molecule has 90 valence electrons. The summed E-state index contributed by atoms with van der Waals surface area (Å²) in [5, 5.41) is 13.5. The molecule has 1 rings (SSSR count). The summed E-state index contributed by atoms with van der Waals surface area (Å²) in [5.74, 6) is -0.819. The van der Waals surface area contributed by atoms with Gasteiger partial charge in [-0.15, -0.1) is 0 Å². The summed E-state index contributed by atoms with van der Waals surface area (Å²) in [5.41, 5.74) is 0.431. The van der Waals surface area contributed by atoms with Crippen LogP contribution in [0.5, 0.6) is 0 Å². The quantitative estimate of drug-likeness (QED) is 0.837. The van der Waals surface area contributed by atoms with Crippen molar-refractivity contribution in [2.24, 2.45) is 0 Å². The lowest BCUT2D eigenvalue weighted by molar-refractivity contribution is -0.119. The predicted molar refractivity (Wildman–Crippen MR) is 66.2 cm³/mol. The third kappa shape index (κ3) is 4.21. The fraction of sp³-hybridized carbons (Fsp3) is 0.200. The van der Waals surface area contributed by atoms with E-state index in [1.54, 1.807) is 6.07 Å². The van der Waals surface area contributed by atoms with Gasteiger partial charge in [-0.1, -0.05) is 11.6 Å². The Bertz CT molecular complexity index is 452. The van der Waals surface area contributed by atoms with Crippen LogP contribution in [0.1, 0.15) is 0 Å². The van der Waals surface area contributed by atoms with E-state index in [1.807, 2.05) is 0 Å². The van der Waals surface area contributed by atoms with Crippen LogP contribution in [0.15, 0.2) is 16.6 Å². The highest BCUT2D eigenvalue weighted by atomic mass is 79.9. The molecule has 2 N–H and O–H groups in total. The van der Waals surface area contributed by atoms with Crippen molar-refractivity contribution in [2.75, 3.05) is 18.4 Å². The Kier molecular flexibility index (Phi) is 5.19. The van der Waals surface area contributed by atoms with E-state index in [-0.39, 0.29) is 24.0 Å². The zero-order valence-electron chi connectivity index (χ0n) is 8.56. The highest BCUT2D eigenvalue weighted by molar-refractivity contribution is 9.10. The van der Waals surface area contributed by atoms with Gasteiger partial charge in [-0.25, -0.2) is 4.39 Å². The molecule has 0 saturated heterocycles. The van der Waals surface area contributed by atoms with Gasteiger partial charge in [0.05, 0.1) is 23.3 Å². The maximum Gasteiger partial charge on any atom is 0.240 e. The van der Waals surface area contributed by atoms with Gasteiger partial charge < -0.3 is 10.6 Å². The summed E-state index contributed by atoms with van der Waals surface area (Å²) >= 11 is 8.94. The molecule has 0 aliphatic carbocycles. The number of hydrogen-bond donors (Lipinski definition) is 2. The van der Waals surface area contributed by atoms with Gasteiger partial charge in [0.15, 0.2) is 0 Å². The summed E-state index contributed by atoms with van der Waals surface area (Å²) < 4.78 is 13.3. The van der Waals surface area contributed by atoms with Crippen LogP contribution in [0.2, 0.25) is 5.02 Å². The first kappa shape index (κ1) is 13.7. The fourth-order valence-electron chi connectivity index (χ4n) is 1.08. The SMILES string of the molecule is N#CCNC(=O)CNc1c(Cl)cc(F)cc1Br. The van der Waals surface area contributed by atoms with Gasteiger partial charge in [0.1, 0.15) is 12.4 Å². The fourth-order valence-corrected chi connectivity index (χ4v) is 2.04. The van der Waals surface area contributed by atoms with Crippen molar-refractivity contribution in [1.29, 1.82) is 5.26 Å². The summed E-state index contributed by atoms with van der Waals surface area (Å²) in [6, 6.07) is 4.16. The minimum absolute atomic E-state index is 0.0500. The number of rotatable bonds is 4. The standard InChI is InChI=1S/C10H8BrClFN3O/c11-7-3-6(13)4-8(12)10(7)16-5-9(17)15-2-1-14/h3-4,16H,2,5H2,(H,15,17). The van der Waals surface area contributed by atoms with Crippen LogP contribution in [0, 0.1) is 17.1 Å². The molecule has 1 amide bonds. The Morgan fingerprint density at radius 2 is 2.29 bits per heavy atom. The van der Waals surface area contributed by atoms with E-state index in [0.29, 0.717) is 10.2 Å². The predicted octanol–water partition coefficient (Wildman–Crippen LogP) is 2.29. The third-order valence-electron chi connectivity index (χ3n) is 1.80. The summed E-state index contributed by atoms with van der Waals surface area (Å²) in [7, 11) is 0. The second kappa shape index (κ2) is 6.42. The molecule has 17 heavy (non-hydrogen) atoms. The first-order chi connectivity index (χ1) is 8.04. The molecule has 7 heteroatoms. The van der Waals surface area contributed by atoms with E-state index < -0.39 is 5.82 Å². The zero-order chi connectivity index (χ0) is 12.8. The van der Waals surface area contributed by atoms with E-state index >= 15 is 0 Å². The van der Waals surface area contributed by atoms with Crippen LogP contribution in [0.25, 0.3) is 0 Å². The minimum Gasteiger partial charge on any atom is -0.374 e. The van der Waals surface area contributed by atoms with Gasteiger partial charge >= 0.3 is 0 Å². The molecule has 4 nitrogen and oxygen atoms in total. The molecule has 0 atom stereocenters. The molecule has 0 heterocycles. The molecule has 0 radical (unpaired) electrons. The number of carbonyl (C=O) groups excluding carboxylic acids is 1. The first-order valence-corrected chi connectivity index (χ1v) is 5.73. The van der Waals surface area contributed by atoms with Crippen molar-refractivity contribution in [2.45, 2.75) is 0 Å². The van der Waals surface area contributed by atoms with Gasteiger partial charge in [-0.3, -0.25) is 4.79 Å².